The van der Waals surface area contributed by atoms with Crippen LogP contribution in [0.25, 0.3) is 0 Å². The largest absolute Gasteiger partial charge is 0.406 e. The second kappa shape index (κ2) is 7.59. The predicted molar refractivity (Wildman–Crippen MR) is 77.7 cm³/mol. The third-order valence-electron chi connectivity index (χ3n) is 3.82. The van der Waals surface area contributed by atoms with Gasteiger partial charge in [0.25, 0.3) is 0 Å². The Morgan fingerprint density at radius 2 is 2.35 bits per heavy atom. The van der Waals surface area contributed by atoms with E-state index in [1.807, 2.05) is 6.92 Å². The zero-order valence-electron chi connectivity index (χ0n) is 12.5. The molecular weight excluding hydrogens is 256 g/mol. The van der Waals surface area contributed by atoms with E-state index in [-0.39, 0.29) is 12.6 Å². The van der Waals surface area contributed by atoms with Crippen LogP contribution in [0.5, 0.6) is 0 Å². The molecule has 6 nitrogen and oxygen atoms in total. The number of aliphatic hydroxyl groups is 1. The molecule has 1 aliphatic rings. The van der Waals surface area contributed by atoms with E-state index in [9.17, 15) is 0 Å². The van der Waals surface area contributed by atoms with Gasteiger partial charge in [-0.05, 0) is 45.6 Å². The van der Waals surface area contributed by atoms with Crippen molar-refractivity contribution in [2.45, 2.75) is 58.0 Å². The van der Waals surface area contributed by atoms with Crippen LogP contribution in [0.2, 0.25) is 0 Å². The summed E-state index contributed by atoms with van der Waals surface area (Å²) in [6.07, 6.45) is 5.19. The van der Waals surface area contributed by atoms with Crippen LogP contribution in [-0.2, 0) is 0 Å². The van der Waals surface area contributed by atoms with E-state index >= 15 is 0 Å². The Hall–Kier alpha value is -1.14. The Bertz CT molecular complexity index is 396. The van der Waals surface area contributed by atoms with Crippen molar-refractivity contribution in [3.63, 3.8) is 0 Å². The van der Waals surface area contributed by atoms with Crippen molar-refractivity contribution >= 4 is 6.01 Å². The van der Waals surface area contributed by atoms with Crippen LogP contribution in [0.1, 0.15) is 57.9 Å². The molecule has 0 radical (unpaired) electrons. The summed E-state index contributed by atoms with van der Waals surface area (Å²) in [6, 6.07) is 1.15. The summed E-state index contributed by atoms with van der Waals surface area (Å²) in [5.41, 5.74) is 0. The number of hydrogen-bond acceptors (Lipinski definition) is 6. The van der Waals surface area contributed by atoms with Crippen LogP contribution in [0.3, 0.4) is 0 Å². The molecule has 2 rings (SSSR count). The maximum atomic E-state index is 8.96. The Morgan fingerprint density at radius 1 is 1.50 bits per heavy atom. The third kappa shape index (κ3) is 3.70. The maximum absolute atomic E-state index is 8.96. The average molecular weight is 282 g/mol. The molecule has 1 aromatic rings. The van der Waals surface area contributed by atoms with E-state index in [0.29, 0.717) is 17.9 Å². The Labute approximate surface area is 120 Å². The molecule has 0 bridgehead atoms. The lowest BCUT2D eigenvalue weighted by atomic mass is 10.1. The SMILES string of the molecule is CCCNC(C)c1nnc(N2CCCC2CCCO)o1. The van der Waals surface area contributed by atoms with Crippen molar-refractivity contribution in [2.75, 3.05) is 24.6 Å². The molecule has 2 N–H and O–H groups in total. The average Bonchev–Trinajstić information content (AvgIpc) is 3.10. The second-order valence-corrected chi connectivity index (χ2v) is 5.45. The summed E-state index contributed by atoms with van der Waals surface area (Å²) in [6.45, 7) is 6.34. The van der Waals surface area contributed by atoms with Crippen LogP contribution in [0.15, 0.2) is 4.42 Å². The van der Waals surface area contributed by atoms with E-state index in [4.69, 9.17) is 9.52 Å². The lowest BCUT2D eigenvalue weighted by molar-refractivity contribution is 0.278. The number of hydrogen-bond donors (Lipinski definition) is 2. The molecule has 0 spiro atoms. The van der Waals surface area contributed by atoms with Gasteiger partial charge in [0.1, 0.15) is 0 Å². The molecule has 1 fully saturated rings. The molecule has 2 atom stereocenters. The molecule has 0 saturated carbocycles. The monoisotopic (exact) mass is 282 g/mol. The van der Waals surface area contributed by atoms with E-state index in [2.05, 4.69) is 27.3 Å². The number of aliphatic hydroxyl groups excluding tert-OH is 1. The summed E-state index contributed by atoms with van der Waals surface area (Å²) < 4.78 is 5.82. The first kappa shape index (κ1) is 15.3. The summed E-state index contributed by atoms with van der Waals surface area (Å²) in [7, 11) is 0. The summed E-state index contributed by atoms with van der Waals surface area (Å²) >= 11 is 0. The highest BCUT2D eigenvalue weighted by Gasteiger charge is 2.28. The van der Waals surface area contributed by atoms with Gasteiger partial charge in [-0.1, -0.05) is 12.0 Å². The highest BCUT2D eigenvalue weighted by atomic mass is 16.4. The normalized spacial score (nSPS) is 20.6. The highest BCUT2D eigenvalue weighted by Crippen LogP contribution is 2.28. The quantitative estimate of drug-likeness (QED) is 0.758. The topological polar surface area (TPSA) is 74.4 Å². The van der Waals surface area contributed by atoms with Crippen LogP contribution in [0, 0.1) is 0 Å². The predicted octanol–water partition coefficient (Wildman–Crippen LogP) is 1.87. The molecule has 114 valence electrons. The lowest BCUT2D eigenvalue weighted by Gasteiger charge is -2.22. The third-order valence-corrected chi connectivity index (χ3v) is 3.82. The second-order valence-electron chi connectivity index (χ2n) is 5.45. The standard InChI is InChI=1S/C14H26N4O2/c1-3-8-15-11(2)13-16-17-14(20-13)18-9-4-6-12(18)7-5-10-19/h11-12,15,19H,3-10H2,1-2H3. The Balaban J connectivity index is 1.96. The highest BCUT2D eigenvalue weighted by molar-refractivity contribution is 5.28. The van der Waals surface area contributed by atoms with Gasteiger partial charge in [0, 0.05) is 19.2 Å². The minimum atomic E-state index is 0.0923. The molecule has 6 heteroatoms. The van der Waals surface area contributed by atoms with Gasteiger partial charge in [0.2, 0.25) is 5.89 Å². The molecule has 1 aromatic heterocycles. The molecule has 0 amide bonds. The molecular formula is C14H26N4O2. The van der Waals surface area contributed by atoms with Crippen molar-refractivity contribution in [3.05, 3.63) is 5.89 Å². The molecule has 1 saturated heterocycles. The van der Waals surface area contributed by atoms with Gasteiger partial charge in [0.15, 0.2) is 0 Å². The fraction of sp³-hybridized carbons (Fsp3) is 0.857. The maximum Gasteiger partial charge on any atom is 0.318 e. The molecule has 0 aliphatic carbocycles. The van der Waals surface area contributed by atoms with Crippen LogP contribution >= 0.6 is 0 Å². The Morgan fingerprint density at radius 3 is 3.10 bits per heavy atom. The summed E-state index contributed by atoms with van der Waals surface area (Å²) in [4.78, 5) is 2.19. The van der Waals surface area contributed by atoms with Crippen LogP contribution in [-0.4, -0.2) is 41.0 Å². The number of rotatable bonds is 8. The van der Waals surface area contributed by atoms with E-state index in [1.54, 1.807) is 0 Å². The fourth-order valence-electron chi connectivity index (χ4n) is 2.68. The number of nitrogens with one attached hydrogen (secondary N) is 1. The van der Waals surface area contributed by atoms with E-state index in [0.717, 1.165) is 45.2 Å². The van der Waals surface area contributed by atoms with Gasteiger partial charge in [0.05, 0.1) is 6.04 Å². The minimum absolute atomic E-state index is 0.0923. The van der Waals surface area contributed by atoms with Crippen molar-refractivity contribution in [2.24, 2.45) is 0 Å². The first-order valence-corrected chi connectivity index (χ1v) is 7.70. The van der Waals surface area contributed by atoms with Crippen molar-refractivity contribution in [1.29, 1.82) is 0 Å². The first-order valence-electron chi connectivity index (χ1n) is 7.70. The number of aromatic nitrogens is 2. The molecule has 20 heavy (non-hydrogen) atoms. The fourth-order valence-corrected chi connectivity index (χ4v) is 2.68. The van der Waals surface area contributed by atoms with Gasteiger partial charge in [-0.25, -0.2) is 0 Å². The van der Waals surface area contributed by atoms with E-state index in [1.165, 1.54) is 0 Å². The van der Waals surface area contributed by atoms with Gasteiger partial charge in [-0.15, -0.1) is 5.10 Å². The molecule has 2 heterocycles. The Kier molecular flexibility index (Phi) is 5.79. The van der Waals surface area contributed by atoms with Crippen molar-refractivity contribution in [3.8, 4) is 0 Å². The number of nitrogens with zero attached hydrogens (tertiary/aromatic N) is 3. The molecule has 1 aliphatic heterocycles. The van der Waals surface area contributed by atoms with Crippen molar-refractivity contribution in [1.82, 2.24) is 15.5 Å². The summed E-state index contributed by atoms with van der Waals surface area (Å²) in [5, 5.41) is 20.7. The van der Waals surface area contributed by atoms with Crippen LogP contribution in [0.4, 0.5) is 6.01 Å². The molecule has 2 unspecified atom stereocenters. The minimum Gasteiger partial charge on any atom is -0.406 e. The van der Waals surface area contributed by atoms with Crippen LogP contribution < -0.4 is 10.2 Å². The van der Waals surface area contributed by atoms with E-state index < -0.39 is 0 Å². The van der Waals surface area contributed by atoms with Gasteiger partial charge < -0.3 is 19.7 Å². The zero-order valence-corrected chi connectivity index (χ0v) is 12.5. The molecule has 0 aromatic carbocycles. The zero-order chi connectivity index (χ0) is 14.4. The lowest BCUT2D eigenvalue weighted by Crippen LogP contribution is -2.29. The smallest absolute Gasteiger partial charge is 0.318 e. The van der Waals surface area contributed by atoms with Crippen molar-refractivity contribution < 1.29 is 9.52 Å². The number of anilines is 1. The summed E-state index contributed by atoms with van der Waals surface area (Å²) in [5.74, 6) is 0.654. The van der Waals surface area contributed by atoms with Gasteiger partial charge in [-0.3, -0.25) is 0 Å². The van der Waals surface area contributed by atoms with Gasteiger partial charge >= 0.3 is 6.01 Å². The first-order chi connectivity index (χ1) is 9.76. The van der Waals surface area contributed by atoms with Gasteiger partial charge in [-0.2, -0.15) is 0 Å².